The van der Waals surface area contributed by atoms with Crippen molar-refractivity contribution in [2.24, 2.45) is 0 Å². The summed E-state index contributed by atoms with van der Waals surface area (Å²) in [6.45, 7) is 2.33. The number of nitrogens with zero attached hydrogens (tertiary/aromatic N) is 2. The molecule has 25 heavy (non-hydrogen) atoms. The Labute approximate surface area is 149 Å². The maximum Gasteiger partial charge on any atom is 0.262 e. The van der Waals surface area contributed by atoms with Crippen molar-refractivity contribution in [1.29, 1.82) is 0 Å². The number of aryl methyl sites for hydroxylation is 1. The van der Waals surface area contributed by atoms with E-state index in [0.717, 1.165) is 12.8 Å². The van der Waals surface area contributed by atoms with Gasteiger partial charge in [0.2, 0.25) is 11.9 Å². The number of para-hydroxylation sites is 1. The zero-order valence-electron chi connectivity index (χ0n) is 14.0. The first-order valence-electron chi connectivity index (χ1n) is 8.26. The van der Waals surface area contributed by atoms with Gasteiger partial charge >= 0.3 is 0 Å². The molecule has 2 aromatic heterocycles. The van der Waals surface area contributed by atoms with Gasteiger partial charge in [-0.15, -0.1) is 11.3 Å². The summed E-state index contributed by atoms with van der Waals surface area (Å²) >= 11 is 1.70. The van der Waals surface area contributed by atoms with Crippen LogP contribution in [-0.4, -0.2) is 15.5 Å². The van der Waals surface area contributed by atoms with Crippen LogP contribution in [0.25, 0.3) is 10.9 Å². The fourth-order valence-corrected chi connectivity index (χ4v) is 3.37. The molecule has 7 heteroatoms. The van der Waals surface area contributed by atoms with Gasteiger partial charge in [0.05, 0.1) is 10.9 Å². The van der Waals surface area contributed by atoms with Gasteiger partial charge in [-0.25, -0.2) is 4.98 Å². The summed E-state index contributed by atoms with van der Waals surface area (Å²) in [5, 5.41) is 2.60. The summed E-state index contributed by atoms with van der Waals surface area (Å²) in [7, 11) is 0. The third-order valence-electron chi connectivity index (χ3n) is 3.90. The van der Waals surface area contributed by atoms with Crippen LogP contribution in [0.5, 0.6) is 0 Å². The Hall–Kier alpha value is -2.67. The Balaban J connectivity index is 1.64. The fourth-order valence-electron chi connectivity index (χ4n) is 2.62. The van der Waals surface area contributed by atoms with Crippen LogP contribution in [0, 0.1) is 0 Å². The summed E-state index contributed by atoms with van der Waals surface area (Å²) in [4.78, 5) is 30.2. The molecule has 0 unspecified atom stereocenters. The molecule has 0 aliphatic heterocycles. The molecule has 0 atom stereocenters. The van der Waals surface area contributed by atoms with Gasteiger partial charge in [-0.2, -0.15) is 0 Å². The van der Waals surface area contributed by atoms with Crippen LogP contribution in [0.3, 0.4) is 0 Å². The molecular weight excluding hydrogens is 336 g/mol. The molecule has 0 radical (unpaired) electrons. The predicted molar refractivity (Wildman–Crippen MR) is 101 cm³/mol. The minimum Gasteiger partial charge on any atom is -0.277 e. The molecule has 2 heterocycles. The van der Waals surface area contributed by atoms with Gasteiger partial charge < -0.3 is 0 Å². The molecule has 0 saturated heterocycles. The van der Waals surface area contributed by atoms with Gasteiger partial charge in [0.1, 0.15) is 0 Å². The average Bonchev–Trinajstić information content (AvgIpc) is 3.13. The molecule has 0 fully saturated rings. The Kier molecular flexibility index (Phi) is 5.45. The number of fused-ring (bicyclic) bond motifs is 1. The molecule has 1 amide bonds. The van der Waals surface area contributed by atoms with Crippen LogP contribution < -0.4 is 16.4 Å². The maximum absolute atomic E-state index is 12.5. The number of nitrogens with one attached hydrogen (secondary N) is 2. The van der Waals surface area contributed by atoms with Crippen molar-refractivity contribution in [2.75, 3.05) is 5.43 Å². The van der Waals surface area contributed by atoms with Crippen molar-refractivity contribution in [3.63, 3.8) is 0 Å². The van der Waals surface area contributed by atoms with E-state index in [-0.39, 0.29) is 11.5 Å². The minimum absolute atomic E-state index is 0.123. The molecule has 2 N–H and O–H groups in total. The van der Waals surface area contributed by atoms with Gasteiger partial charge in [-0.05, 0) is 43.3 Å². The van der Waals surface area contributed by atoms with Crippen molar-refractivity contribution in [3.05, 3.63) is 57.0 Å². The highest BCUT2D eigenvalue weighted by atomic mass is 32.1. The Morgan fingerprint density at radius 2 is 2.08 bits per heavy atom. The topological polar surface area (TPSA) is 76.0 Å². The molecule has 0 bridgehead atoms. The number of amides is 1. The second-order valence-corrected chi connectivity index (χ2v) is 6.64. The van der Waals surface area contributed by atoms with Crippen LogP contribution in [0.1, 0.15) is 24.6 Å². The van der Waals surface area contributed by atoms with Crippen molar-refractivity contribution in [2.45, 2.75) is 32.7 Å². The number of anilines is 1. The van der Waals surface area contributed by atoms with Crippen LogP contribution >= 0.6 is 11.3 Å². The number of aromatic nitrogens is 2. The molecule has 0 saturated carbocycles. The van der Waals surface area contributed by atoms with E-state index in [9.17, 15) is 9.59 Å². The van der Waals surface area contributed by atoms with Crippen molar-refractivity contribution < 1.29 is 4.79 Å². The summed E-state index contributed by atoms with van der Waals surface area (Å²) in [6, 6.07) is 11.3. The quantitative estimate of drug-likeness (QED) is 0.638. The Morgan fingerprint density at radius 1 is 1.24 bits per heavy atom. The predicted octanol–water partition coefficient (Wildman–Crippen LogP) is 2.94. The van der Waals surface area contributed by atoms with E-state index in [1.54, 1.807) is 23.5 Å². The molecule has 6 nitrogen and oxygen atoms in total. The monoisotopic (exact) mass is 356 g/mol. The fraction of sp³-hybridized carbons (Fsp3) is 0.278. The van der Waals surface area contributed by atoms with E-state index in [2.05, 4.69) is 21.9 Å². The van der Waals surface area contributed by atoms with Gasteiger partial charge in [-0.3, -0.25) is 25.0 Å². The van der Waals surface area contributed by atoms with E-state index < -0.39 is 0 Å². The molecular formula is C18H20N4O2S. The second kappa shape index (κ2) is 7.94. The summed E-state index contributed by atoms with van der Waals surface area (Å²) in [5.41, 5.74) is 5.91. The minimum atomic E-state index is -0.124. The molecule has 1 aromatic carbocycles. The van der Waals surface area contributed by atoms with E-state index in [4.69, 9.17) is 0 Å². The van der Waals surface area contributed by atoms with Gasteiger partial charge in [0.25, 0.3) is 5.56 Å². The lowest BCUT2D eigenvalue weighted by molar-refractivity contribution is -0.120. The number of thiophene rings is 1. The first kappa shape index (κ1) is 17.2. The average molecular weight is 356 g/mol. The second-order valence-electron chi connectivity index (χ2n) is 5.61. The lowest BCUT2D eigenvalue weighted by Crippen LogP contribution is -2.34. The van der Waals surface area contributed by atoms with Crippen molar-refractivity contribution >= 4 is 34.1 Å². The van der Waals surface area contributed by atoms with Gasteiger partial charge in [-0.1, -0.05) is 18.2 Å². The van der Waals surface area contributed by atoms with E-state index in [0.29, 0.717) is 29.8 Å². The van der Waals surface area contributed by atoms with E-state index in [1.807, 2.05) is 30.5 Å². The summed E-state index contributed by atoms with van der Waals surface area (Å²) in [6.07, 6.45) is 2.08. The largest absolute Gasteiger partial charge is 0.277 e. The van der Waals surface area contributed by atoms with Crippen molar-refractivity contribution in [1.82, 2.24) is 15.0 Å². The lowest BCUT2D eigenvalue weighted by Gasteiger charge is -2.14. The lowest BCUT2D eigenvalue weighted by atomic mass is 10.2. The summed E-state index contributed by atoms with van der Waals surface area (Å²) in [5.74, 6) is 0.222. The van der Waals surface area contributed by atoms with E-state index in [1.165, 1.54) is 9.44 Å². The molecule has 130 valence electrons. The normalized spacial score (nSPS) is 10.8. The third kappa shape index (κ3) is 4.06. The van der Waals surface area contributed by atoms with Crippen LogP contribution in [0.4, 0.5) is 5.95 Å². The van der Waals surface area contributed by atoms with Gasteiger partial charge in [0, 0.05) is 17.8 Å². The third-order valence-corrected chi connectivity index (χ3v) is 4.83. The molecule has 0 aliphatic rings. The first-order valence-corrected chi connectivity index (χ1v) is 9.14. The number of hydrogen-bond acceptors (Lipinski definition) is 5. The zero-order chi connectivity index (χ0) is 17.6. The molecule has 3 rings (SSSR count). The number of benzene rings is 1. The first-order chi connectivity index (χ1) is 12.2. The van der Waals surface area contributed by atoms with Gasteiger partial charge in [0.15, 0.2) is 0 Å². The molecule has 3 aromatic rings. The Morgan fingerprint density at radius 3 is 2.84 bits per heavy atom. The molecule has 0 spiro atoms. The number of hydrazine groups is 1. The smallest absolute Gasteiger partial charge is 0.262 e. The number of hydrogen-bond donors (Lipinski definition) is 2. The highest BCUT2D eigenvalue weighted by Crippen LogP contribution is 2.12. The highest BCUT2D eigenvalue weighted by Gasteiger charge is 2.10. The Bertz CT molecular complexity index is 918. The zero-order valence-corrected chi connectivity index (χ0v) is 14.8. The van der Waals surface area contributed by atoms with Crippen LogP contribution in [0.2, 0.25) is 0 Å². The number of rotatable bonds is 7. The number of carbonyl (C=O) groups excluding carboxylic acids is 1. The van der Waals surface area contributed by atoms with Crippen LogP contribution in [-0.2, 0) is 17.8 Å². The summed E-state index contributed by atoms with van der Waals surface area (Å²) < 4.78 is 1.51. The molecule has 0 aliphatic carbocycles. The standard InChI is InChI=1S/C18H20N4O2S/c1-2-22-17(24)14-9-3-4-10-15(14)19-18(22)21-20-16(23)11-5-7-13-8-6-12-25-13/h3-4,6,8-10,12H,2,5,7,11H2,1H3,(H,19,21)(H,20,23). The highest BCUT2D eigenvalue weighted by molar-refractivity contribution is 7.09. The maximum atomic E-state index is 12.5. The number of carbonyl (C=O) groups is 1. The van der Waals surface area contributed by atoms with Crippen molar-refractivity contribution in [3.8, 4) is 0 Å². The van der Waals surface area contributed by atoms with E-state index >= 15 is 0 Å². The van der Waals surface area contributed by atoms with Crippen LogP contribution in [0.15, 0.2) is 46.6 Å². The SMILES string of the molecule is CCn1c(NNC(=O)CCCc2cccs2)nc2ccccc2c1=O.